The fourth-order valence-electron chi connectivity index (χ4n) is 2.18. The van der Waals surface area contributed by atoms with E-state index in [1.54, 1.807) is 18.6 Å². The van der Waals surface area contributed by atoms with Gasteiger partial charge in [-0.2, -0.15) is 16.4 Å². The Labute approximate surface area is 133 Å². The van der Waals surface area contributed by atoms with Gasteiger partial charge in [-0.3, -0.25) is 4.98 Å². The minimum Gasteiger partial charge on any atom is -0.265 e. The summed E-state index contributed by atoms with van der Waals surface area (Å²) in [5, 5.41) is 4.90. The summed E-state index contributed by atoms with van der Waals surface area (Å²) in [5.74, 6) is 3.43. The molecule has 1 unspecified atom stereocenters. The Balaban J connectivity index is 2.09. The summed E-state index contributed by atoms with van der Waals surface area (Å²) in [6.07, 6.45) is 5.27. The first kappa shape index (κ1) is 14.7. The lowest BCUT2D eigenvalue weighted by molar-refractivity contribution is 0.772. The van der Waals surface area contributed by atoms with Crippen molar-refractivity contribution in [3.8, 4) is 17.2 Å². The third-order valence-electron chi connectivity index (χ3n) is 3.22. The maximum Gasteiger partial charge on any atom is 0.182 e. The molecule has 0 aliphatic rings. The summed E-state index contributed by atoms with van der Waals surface area (Å²) in [4.78, 5) is 13.2. The minimum absolute atomic E-state index is 0.245. The molecule has 0 bridgehead atoms. The largest absolute Gasteiger partial charge is 0.265 e. The van der Waals surface area contributed by atoms with Crippen molar-refractivity contribution < 1.29 is 0 Å². The molecule has 0 fully saturated rings. The van der Waals surface area contributed by atoms with E-state index in [4.69, 9.17) is 4.98 Å². The van der Waals surface area contributed by atoms with E-state index in [1.165, 1.54) is 0 Å². The Kier molecular flexibility index (Phi) is 4.48. The third-order valence-corrected chi connectivity index (χ3v) is 4.26. The van der Waals surface area contributed by atoms with E-state index in [1.807, 2.05) is 46.8 Å². The highest BCUT2D eigenvalue weighted by molar-refractivity contribution is 7.99. The van der Waals surface area contributed by atoms with E-state index in [0.717, 1.165) is 23.0 Å². The van der Waals surface area contributed by atoms with Crippen LogP contribution in [-0.2, 0) is 0 Å². The normalized spacial score (nSPS) is 12.3. The summed E-state index contributed by atoms with van der Waals surface area (Å²) >= 11 is 1.84. The molecular formula is C16H17N5S. The van der Waals surface area contributed by atoms with Crippen molar-refractivity contribution in [1.29, 1.82) is 0 Å². The van der Waals surface area contributed by atoms with E-state index in [2.05, 4.69) is 28.9 Å². The molecule has 1 atom stereocenters. The standard InChI is InChI=1S/C16H17N5S/c1-3-22-12(2)16-19-15(13-7-10-17-11-8-13)20-21(16)14-6-4-5-9-18-14/h4-12H,3H2,1-2H3. The van der Waals surface area contributed by atoms with Gasteiger partial charge in [0.1, 0.15) is 5.82 Å². The molecule has 0 spiro atoms. The first-order chi connectivity index (χ1) is 10.8. The lowest BCUT2D eigenvalue weighted by Crippen LogP contribution is -2.06. The predicted molar refractivity (Wildman–Crippen MR) is 88.9 cm³/mol. The second-order valence-electron chi connectivity index (χ2n) is 4.73. The van der Waals surface area contributed by atoms with Crippen molar-refractivity contribution in [3.05, 3.63) is 54.7 Å². The van der Waals surface area contributed by atoms with Crippen LogP contribution in [0.25, 0.3) is 17.2 Å². The number of hydrogen-bond donors (Lipinski definition) is 0. The maximum absolute atomic E-state index is 4.74. The number of nitrogens with zero attached hydrogens (tertiary/aromatic N) is 5. The van der Waals surface area contributed by atoms with E-state index in [9.17, 15) is 0 Å². The molecular weight excluding hydrogens is 294 g/mol. The van der Waals surface area contributed by atoms with Crippen LogP contribution in [0, 0.1) is 0 Å². The number of pyridine rings is 2. The second-order valence-corrected chi connectivity index (χ2v) is 6.34. The van der Waals surface area contributed by atoms with Crippen molar-refractivity contribution in [2.45, 2.75) is 19.1 Å². The molecule has 3 rings (SSSR count). The van der Waals surface area contributed by atoms with Gasteiger partial charge in [0.05, 0.1) is 5.25 Å². The Morgan fingerprint density at radius 1 is 1.14 bits per heavy atom. The number of hydrogen-bond acceptors (Lipinski definition) is 5. The van der Waals surface area contributed by atoms with Crippen LogP contribution in [0.2, 0.25) is 0 Å². The van der Waals surface area contributed by atoms with Gasteiger partial charge < -0.3 is 0 Å². The molecule has 0 aliphatic carbocycles. The highest BCUT2D eigenvalue weighted by atomic mass is 32.2. The third kappa shape index (κ3) is 3.01. The van der Waals surface area contributed by atoms with Crippen molar-refractivity contribution >= 4 is 11.8 Å². The lowest BCUT2D eigenvalue weighted by atomic mass is 10.2. The van der Waals surface area contributed by atoms with Crippen molar-refractivity contribution in [2.75, 3.05) is 5.75 Å². The van der Waals surface area contributed by atoms with Gasteiger partial charge in [-0.1, -0.05) is 13.0 Å². The average Bonchev–Trinajstić information content (AvgIpc) is 3.02. The molecule has 22 heavy (non-hydrogen) atoms. The smallest absolute Gasteiger partial charge is 0.182 e. The molecule has 6 heteroatoms. The van der Waals surface area contributed by atoms with E-state index >= 15 is 0 Å². The van der Waals surface area contributed by atoms with Gasteiger partial charge in [0.25, 0.3) is 0 Å². The molecule has 3 aromatic heterocycles. The van der Waals surface area contributed by atoms with E-state index in [-0.39, 0.29) is 5.25 Å². The van der Waals surface area contributed by atoms with E-state index < -0.39 is 0 Å². The molecule has 5 nitrogen and oxygen atoms in total. The number of aromatic nitrogens is 5. The van der Waals surface area contributed by atoms with Crippen LogP contribution < -0.4 is 0 Å². The molecule has 3 aromatic rings. The van der Waals surface area contributed by atoms with Gasteiger partial charge >= 0.3 is 0 Å². The lowest BCUT2D eigenvalue weighted by Gasteiger charge is -2.10. The monoisotopic (exact) mass is 311 g/mol. The topological polar surface area (TPSA) is 56.5 Å². The Morgan fingerprint density at radius 2 is 1.95 bits per heavy atom. The van der Waals surface area contributed by atoms with Gasteiger partial charge in [-0.05, 0) is 36.9 Å². The van der Waals surface area contributed by atoms with Gasteiger partial charge in [0, 0.05) is 24.2 Å². The van der Waals surface area contributed by atoms with Crippen LogP contribution in [0.4, 0.5) is 0 Å². The molecule has 0 saturated heterocycles. The van der Waals surface area contributed by atoms with Crippen LogP contribution in [0.3, 0.4) is 0 Å². The van der Waals surface area contributed by atoms with Crippen molar-refractivity contribution in [1.82, 2.24) is 24.7 Å². The fraction of sp³-hybridized carbons (Fsp3) is 0.250. The predicted octanol–water partition coefficient (Wildman–Crippen LogP) is 3.54. The van der Waals surface area contributed by atoms with Crippen LogP contribution >= 0.6 is 11.8 Å². The summed E-state index contributed by atoms with van der Waals surface area (Å²) in [6.45, 7) is 4.29. The number of rotatable bonds is 5. The summed E-state index contributed by atoms with van der Waals surface area (Å²) in [6, 6.07) is 9.63. The van der Waals surface area contributed by atoms with Gasteiger partial charge in [0.15, 0.2) is 11.6 Å². The zero-order valence-electron chi connectivity index (χ0n) is 12.5. The number of thioether (sulfide) groups is 1. The average molecular weight is 311 g/mol. The Morgan fingerprint density at radius 3 is 2.64 bits per heavy atom. The quantitative estimate of drug-likeness (QED) is 0.721. The van der Waals surface area contributed by atoms with Gasteiger partial charge in [0.2, 0.25) is 0 Å². The SMILES string of the molecule is CCSC(C)c1nc(-c2ccncc2)nn1-c1ccccn1. The van der Waals surface area contributed by atoms with Crippen molar-refractivity contribution in [3.63, 3.8) is 0 Å². The minimum atomic E-state index is 0.245. The Bertz CT molecular complexity index is 727. The molecule has 0 N–H and O–H groups in total. The fourth-order valence-corrected chi connectivity index (χ4v) is 2.98. The molecule has 0 aliphatic heterocycles. The molecule has 3 heterocycles. The summed E-state index contributed by atoms with van der Waals surface area (Å²) in [5.41, 5.74) is 0.958. The summed E-state index contributed by atoms with van der Waals surface area (Å²) < 4.78 is 1.84. The van der Waals surface area contributed by atoms with Gasteiger partial charge in [-0.25, -0.2) is 9.97 Å². The zero-order valence-corrected chi connectivity index (χ0v) is 13.4. The Hall–Kier alpha value is -2.21. The highest BCUT2D eigenvalue weighted by Gasteiger charge is 2.19. The van der Waals surface area contributed by atoms with Crippen molar-refractivity contribution in [2.24, 2.45) is 0 Å². The molecule has 0 amide bonds. The van der Waals surface area contributed by atoms with Crippen LogP contribution in [0.15, 0.2) is 48.9 Å². The second kappa shape index (κ2) is 6.70. The van der Waals surface area contributed by atoms with Gasteiger partial charge in [-0.15, -0.1) is 5.10 Å². The maximum atomic E-state index is 4.74. The summed E-state index contributed by atoms with van der Waals surface area (Å²) in [7, 11) is 0. The first-order valence-electron chi connectivity index (χ1n) is 7.20. The molecule has 0 radical (unpaired) electrons. The molecule has 112 valence electrons. The van der Waals surface area contributed by atoms with Crippen LogP contribution in [-0.4, -0.2) is 30.5 Å². The molecule has 0 aromatic carbocycles. The first-order valence-corrected chi connectivity index (χ1v) is 8.25. The van der Waals surface area contributed by atoms with Crippen LogP contribution in [0.1, 0.15) is 24.9 Å². The molecule has 0 saturated carbocycles. The van der Waals surface area contributed by atoms with E-state index in [0.29, 0.717) is 5.82 Å². The van der Waals surface area contributed by atoms with Crippen LogP contribution in [0.5, 0.6) is 0 Å². The highest BCUT2D eigenvalue weighted by Crippen LogP contribution is 2.29. The zero-order chi connectivity index (χ0) is 15.4.